The number of hydrogen-bond donors (Lipinski definition) is 1. The maximum Gasteiger partial charge on any atom is 0.295 e. The van der Waals surface area contributed by atoms with Crippen LogP contribution in [0.3, 0.4) is 0 Å². The van der Waals surface area contributed by atoms with Gasteiger partial charge in [0.2, 0.25) is 0 Å². The Balaban J connectivity index is 2.74. The van der Waals surface area contributed by atoms with E-state index >= 15 is 0 Å². The zero-order chi connectivity index (χ0) is 13.3. The van der Waals surface area contributed by atoms with Crippen molar-refractivity contribution < 1.29 is 13.0 Å². The third-order valence-corrected chi connectivity index (χ3v) is 3.70. The molecule has 0 fully saturated rings. The summed E-state index contributed by atoms with van der Waals surface area (Å²) in [6.45, 7) is 1.85. The number of aryl methyl sites for hydroxylation is 1. The van der Waals surface area contributed by atoms with E-state index in [2.05, 4.69) is 0 Å². The smallest absolute Gasteiger partial charge is 0.282 e. The molecule has 2 rings (SSSR count). The lowest BCUT2D eigenvalue weighted by Gasteiger charge is -2.09. The molecule has 2 aromatic carbocycles. The molecule has 1 N–H and O–H groups in total. The topological polar surface area (TPSA) is 54.4 Å². The van der Waals surface area contributed by atoms with Gasteiger partial charge in [0.05, 0.1) is 0 Å². The molecular formula is C13H11ClO3S. The molecule has 0 bridgehead atoms. The predicted octanol–water partition coefficient (Wildman–Crippen LogP) is 3.56. The third kappa shape index (κ3) is 2.72. The molecule has 0 saturated carbocycles. The minimum atomic E-state index is -4.25. The molecule has 0 heterocycles. The SMILES string of the molecule is Cc1ccc(S(=O)(=O)O)c(-c2cccc(Cl)c2)c1. The Bertz CT molecular complexity index is 693. The highest BCUT2D eigenvalue weighted by Crippen LogP contribution is 2.29. The van der Waals surface area contributed by atoms with Crippen LogP contribution in [-0.2, 0) is 10.1 Å². The van der Waals surface area contributed by atoms with Gasteiger partial charge in [0.25, 0.3) is 10.1 Å². The lowest BCUT2D eigenvalue weighted by Crippen LogP contribution is -2.01. The number of rotatable bonds is 2. The van der Waals surface area contributed by atoms with Crippen molar-refractivity contribution in [3.8, 4) is 11.1 Å². The summed E-state index contributed by atoms with van der Waals surface area (Å²) in [4.78, 5) is -0.115. The van der Waals surface area contributed by atoms with Crippen LogP contribution in [-0.4, -0.2) is 13.0 Å². The lowest BCUT2D eigenvalue weighted by atomic mass is 10.0. The van der Waals surface area contributed by atoms with E-state index in [4.69, 9.17) is 11.6 Å². The number of halogens is 1. The second-order valence-corrected chi connectivity index (χ2v) is 5.81. The number of hydrogen-bond acceptors (Lipinski definition) is 2. The molecular weight excluding hydrogens is 272 g/mol. The summed E-state index contributed by atoms with van der Waals surface area (Å²) in [5.41, 5.74) is 2.00. The van der Waals surface area contributed by atoms with Gasteiger partial charge in [0, 0.05) is 10.6 Å². The second kappa shape index (κ2) is 4.72. The van der Waals surface area contributed by atoms with Crippen molar-refractivity contribution in [1.82, 2.24) is 0 Å². The Hall–Kier alpha value is -1.36. The van der Waals surface area contributed by atoms with Gasteiger partial charge >= 0.3 is 0 Å². The molecule has 0 aliphatic carbocycles. The molecule has 18 heavy (non-hydrogen) atoms. The van der Waals surface area contributed by atoms with Crippen LogP contribution in [0.4, 0.5) is 0 Å². The summed E-state index contributed by atoms with van der Waals surface area (Å²) in [6.07, 6.45) is 0. The summed E-state index contributed by atoms with van der Waals surface area (Å²) in [7, 11) is -4.25. The van der Waals surface area contributed by atoms with E-state index in [1.165, 1.54) is 6.07 Å². The fraction of sp³-hybridized carbons (Fsp3) is 0.0769. The molecule has 0 aliphatic rings. The largest absolute Gasteiger partial charge is 0.295 e. The van der Waals surface area contributed by atoms with Crippen LogP contribution in [0, 0.1) is 6.92 Å². The van der Waals surface area contributed by atoms with E-state index in [1.54, 1.807) is 36.4 Å². The molecule has 0 aliphatic heterocycles. The molecule has 0 saturated heterocycles. The quantitative estimate of drug-likeness (QED) is 0.857. The van der Waals surface area contributed by atoms with Crippen molar-refractivity contribution in [1.29, 1.82) is 0 Å². The Morgan fingerprint density at radius 1 is 1.11 bits per heavy atom. The maximum atomic E-state index is 11.3. The standard InChI is InChI=1S/C13H11ClO3S/c1-9-5-6-13(18(15,16)17)12(7-9)10-3-2-4-11(14)8-10/h2-8H,1H3,(H,15,16,17). The molecule has 0 spiro atoms. The third-order valence-electron chi connectivity index (χ3n) is 2.55. The van der Waals surface area contributed by atoms with Gasteiger partial charge in [-0.25, -0.2) is 0 Å². The van der Waals surface area contributed by atoms with Crippen molar-refractivity contribution >= 4 is 21.7 Å². The zero-order valence-corrected chi connectivity index (χ0v) is 11.2. The molecule has 5 heteroatoms. The van der Waals surface area contributed by atoms with Crippen molar-refractivity contribution in [2.24, 2.45) is 0 Å². The molecule has 0 atom stereocenters. The number of benzene rings is 2. The van der Waals surface area contributed by atoms with Gasteiger partial charge in [-0.1, -0.05) is 41.4 Å². The summed E-state index contributed by atoms with van der Waals surface area (Å²) >= 11 is 5.89. The Morgan fingerprint density at radius 2 is 1.83 bits per heavy atom. The minimum Gasteiger partial charge on any atom is -0.282 e. The van der Waals surface area contributed by atoms with Gasteiger partial charge < -0.3 is 0 Å². The summed E-state index contributed by atoms with van der Waals surface area (Å²) in [5, 5.41) is 0.510. The Morgan fingerprint density at radius 3 is 2.44 bits per heavy atom. The molecule has 94 valence electrons. The van der Waals surface area contributed by atoms with Crippen LogP contribution < -0.4 is 0 Å². The van der Waals surface area contributed by atoms with Gasteiger partial charge in [-0.05, 0) is 30.7 Å². The summed E-state index contributed by atoms with van der Waals surface area (Å²) < 4.78 is 31.9. The van der Waals surface area contributed by atoms with E-state index in [9.17, 15) is 13.0 Å². The van der Waals surface area contributed by atoms with Gasteiger partial charge in [0.1, 0.15) is 4.90 Å². The van der Waals surface area contributed by atoms with Crippen LogP contribution >= 0.6 is 11.6 Å². The highest BCUT2D eigenvalue weighted by molar-refractivity contribution is 7.86. The van der Waals surface area contributed by atoms with Crippen LogP contribution in [0.5, 0.6) is 0 Å². The van der Waals surface area contributed by atoms with E-state index < -0.39 is 10.1 Å². The Kier molecular flexibility index (Phi) is 3.43. The predicted molar refractivity (Wildman–Crippen MR) is 71.4 cm³/mol. The first-order valence-electron chi connectivity index (χ1n) is 5.22. The molecule has 0 amide bonds. The van der Waals surface area contributed by atoms with Gasteiger partial charge in [-0.15, -0.1) is 0 Å². The average molecular weight is 283 g/mol. The highest BCUT2D eigenvalue weighted by atomic mass is 35.5. The van der Waals surface area contributed by atoms with Gasteiger partial charge in [-0.3, -0.25) is 4.55 Å². The van der Waals surface area contributed by atoms with Crippen molar-refractivity contribution in [3.05, 3.63) is 53.1 Å². The van der Waals surface area contributed by atoms with E-state index in [0.29, 0.717) is 16.1 Å². The average Bonchev–Trinajstić information content (AvgIpc) is 2.27. The van der Waals surface area contributed by atoms with E-state index in [1.807, 2.05) is 6.92 Å². The maximum absolute atomic E-state index is 11.3. The minimum absolute atomic E-state index is 0.115. The van der Waals surface area contributed by atoms with E-state index in [-0.39, 0.29) is 4.90 Å². The lowest BCUT2D eigenvalue weighted by molar-refractivity contribution is 0.483. The van der Waals surface area contributed by atoms with Crippen molar-refractivity contribution in [3.63, 3.8) is 0 Å². The van der Waals surface area contributed by atoms with Gasteiger partial charge in [-0.2, -0.15) is 8.42 Å². The fourth-order valence-corrected chi connectivity index (χ4v) is 2.64. The summed E-state index contributed by atoms with van der Waals surface area (Å²) in [5.74, 6) is 0. The van der Waals surface area contributed by atoms with Crippen molar-refractivity contribution in [2.75, 3.05) is 0 Å². The molecule has 0 radical (unpaired) electrons. The second-order valence-electron chi connectivity index (χ2n) is 3.99. The first-order chi connectivity index (χ1) is 8.38. The zero-order valence-electron chi connectivity index (χ0n) is 9.59. The normalized spacial score (nSPS) is 11.5. The first-order valence-corrected chi connectivity index (χ1v) is 7.04. The van der Waals surface area contributed by atoms with Crippen LogP contribution in [0.25, 0.3) is 11.1 Å². The monoisotopic (exact) mass is 282 g/mol. The fourth-order valence-electron chi connectivity index (χ4n) is 1.75. The molecule has 3 nitrogen and oxygen atoms in total. The van der Waals surface area contributed by atoms with Crippen molar-refractivity contribution in [2.45, 2.75) is 11.8 Å². The first kappa shape index (κ1) is 13.1. The van der Waals surface area contributed by atoms with Crippen LogP contribution in [0.2, 0.25) is 5.02 Å². The highest BCUT2D eigenvalue weighted by Gasteiger charge is 2.16. The molecule has 0 unspecified atom stereocenters. The molecule has 2 aromatic rings. The van der Waals surface area contributed by atoms with Crippen LogP contribution in [0.15, 0.2) is 47.4 Å². The van der Waals surface area contributed by atoms with Crippen LogP contribution in [0.1, 0.15) is 5.56 Å². The Labute approximate surface area is 111 Å². The van der Waals surface area contributed by atoms with E-state index in [0.717, 1.165) is 5.56 Å². The summed E-state index contributed by atoms with van der Waals surface area (Å²) in [6, 6.07) is 11.6. The molecule has 0 aromatic heterocycles. The van der Waals surface area contributed by atoms with Gasteiger partial charge in [0.15, 0.2) is 0 Å².